The fourth-order valence-corrected chi connectivity index (χ4v) is 4.07. The van der Waals surface area contributed by atoms with Crippen LogP contribution in [0, 0.1) is 5.92 Å². The summed E-state index contributed by atoms with van der Waals surface area (Å²) in [4.78, 5) is 50.7. The summed E-state index contributed by atoms with van der Waals surface area (Å²) < 4.78 is 9.70. The Balaban J connectivity index is 1.23. The van der Waals surface area contributed by atoms with E-state index >= 15 is 0 Å². The van der Waals surface area contributed by atoms with Crippen LogP contribution in [0.1, 0.15) is 34.8 Å². The number of nitrogens with one attached hydrogen (secondary N) is 2. The standard InChI is InChI=1S/C29H29N3O6/c1-2-37-29(36)38-25-14-10-22(11-15-25)28(35)31-24-12-8-20(9-13-24)17-30-27(34)23-16-26(33)32(19-23)18-21-6-4-3-5-7-21/h3-15,23H,2,16-19H2,1H3,(H,30,34)(H,31,35). The molecule has 196 valence electrons. The van der Waals surface area contributed by atoms with E-state index in [-0.39, 0.29) is 42.4 Å². The molecule has 1 saturated heterocycles. The predicted molar refractivity (Wildman–Crippen MR) is 140 cm³/mol. The van der Waals surface area contributed by atoms with Crippen molar-refractivity contribution in [1.82, 2.24) is 10.2 Å². The second-order valence-corrected chi connectivity index (χ2v) is 8.84. The smallest absolute Gasteiger partial charge is 0.434 e. The van der Waals surface area contributed by atoms with Gasteiger partial charge in [-0.25, -0.2) is 4.79 Å². The number of likely N-dealkylation sites (tertiary alicyclic amines) is 1. The summed E-state index contributed by atoms with van der Waals surface area (Å²) in [5, 5.41) is 5.71. The molecule has 2 N–H and O–H groups in total. The van der Waals surface area contributed by atoms with Gasteiger partial charge in [-0.15, -0.1) is 0 Å². The maximum atomic E-state index is 12.7. The fraction of sp³-hybridized carbons (Fsp3) is 0.241. The van der Waals surface area contributed by atoms with Crippen LogP contribution in [0.5, 0.6) is 5.75 Å². The Morgan fingerprint density at radius 3 is 2.32 bits per heavy atom. The lowest BCUT2D eigenvalue weighted by atomic mass is 10.1. The van der Waals surface area contributed by atoms with Crippen LogP contribution in [0.15, 0.2) is 78.9 Å². The first-order chi connectivity index (χ1) is 18.4. The number of hydrogen-bond acceptors (Lipinski definition) is 6. The number of carbonyl (C=O) groups excluding carboxylic acids is 4. The quantitative estimate of drug-likeness (QED) is 0.327. The van der Waals surface area contributed by atoms with Gasteiger partial charge in [0.05, 0.1) is 12.5 Å². The summed E-state index contributed by atoms with van der Waals surface area (Å²) in [6, 6.07) is 22.9. The zero-order chi connectivity index (χ0) is 26.9. The lowest BCUT2D eigenvalue weighted by Gasteiger charge is -2.16. The number of carbonyl (C=O) groups is 4. The average Bonchev–Trinajstić information content (AvgIpc) is 3.29. The third-order valence-electron chi connectivity index (χ3n) is 6.06. The predicted octanol–water partition coefficient (Wildman–Crippen LogP) is 4.14. The molecule has 1 heterocycles. The normalized spacial score (nSPS) is 14.6. The summed E-state index contributed by atoms with van der Waals surface area (Å²) in [6.45, 7) is 3.11. The molecule has 0 spiro atoms. The van der Waals surface area contributed by atoms with E-state index in [0.717, 1.165) is 11.1 Å². The highest BCUT2D eigenvalue weighted by Gasteiger charge is 2.34. The Morgan fingerprint density at radius 1 is 0.921 bits per heavy atom. The second-order valence-electron chi connectivity index (χ2n) is 8.84. The van der Waals surface area contributed by atoms with Gasteiger partial charge in [-0.1, -0.05) is 42.5 Å². The van der Waals surface area contributed by atoms with Crippen molar-refractivity contribution in [2.75, 3.05) is 18.5 Å². The molecule has 1 unspecified atom stereocenters. The molecular formula is C29H29N3O6. The number of anilines is 1. The summed E-state index contributed by atoms with van der Waals surface area (Å²) in [5.41, 5.74) is 2.89. The maximum Gasteiger partial charge on any atom is 0.513 e. The largest absolute Gasteiger partial charge is 0.513 e. The van der Waals surface area contributed by atoms with Gasteiger partial charge < -0.3 is 25.0 Å². The van der Waals surface area contributed by atoms with Gasteiger partial charge in [0.15, 0.2) is 0 Å². The van der Waals surface area contributed by atoms with Crippen molar-refractivity contribution in [2.45, 2.75) is 26.4 Å². The van der Waals surface area contributed by atoms with Crippen LogP contribution in [0.3, 0.4) is 0 Å². The number of hydrogen-bond donors (Lipinski definition) is 2. The van der Waals surface area contributed by atoms with Gasteiger partial charge in [-0.05, 0) is 54.4 Å². The molecule has 1 fully saturated rings. The minimum absolute atomic E-state index is 0.0183. The molecule has 4 rings (SSSR count). The van der Waals surface area contributed by atoms with Crippen LogP contribution in [0.25, 0.3) is 0 Å². The van der Waals surface area contributed by atoms with Gasteiger partial charge >= 0.3 is 6.16 Å². The molecule has 0 radical (unpaired) electrons. The molecule has 3 amide bonds. The van der Waals surface area contributed by atoms with Crippen LogP contribution in [-0.2, 0) is 27.4 Å². The SMILES string of the molecule is CCOC(=O)Oc1ccc(C(=O)Nc2ccc(CNC(=O)C3CC(=O)N(Cc4ccccc4)C3)cc2)cc1. The Labute approximate surface area is 220 Å². The number of benzene rings is 3. The second kappa shape index (κ2) is 12.5. The zero-order valence-electron chi connectivity index (χ0n) is 21.0. The van der Waals surface area contributed by atoms with Crippen molar-refractivity contribution in [3.05, 3.63) is 95.6 Å². The minimum atomic E-state index is -0.803. The van der Waals surface area contributed by atoms with Gasteiger partial charge in [-0.2, -0.15) is 0 Å². The van der Waals surface area contributed by atoms with Crippen molar-refractivity contribution in [3.63, 3.8) is 0 Å². The minimum Gasteiger partial charge on any atom is -0.434 e. The van der Waals surface area contributed by atoms with E-state index in [2.05, 4.69) is 10.6 Å². The molecule has 1 aliphatic heterocycles. The lowest BCUT2D eigenvalue weighted by Crippen LogP contribution is -2.32. The highest BCUT2D eigenvalue weighted by atomic mass is 16.7. The third-order valence-corrected chi connectivity index (χ3v) is 6.06. The van der Waals surface area contributed by atoms with Gasteiger partial charge in [0.2, 0.25) is 11.8 Å². The Kier molecular flexibility index (Phi) is 8.71. The van der Waals surface area contributed by atoms with Crippen molar-refractivity contribution in [1.29, 1.82) is 0 Å². The molecule has 9 heteroatoms. The third kappa shape index (κ3) is 7.19. The number of ether oxygens (including phenoxy) is 2. The first-order valence-electron chi connectivity index (χ1n) is 12.4. The van der Waals surface area contributed by atoms with Crippen LogP contribution >= 0.6 is 0 Å². The van der Waals surface area contributed by atoms with Crippen LogP contribution in [0.4, 0.5) is 10.5 Å². The Hall–Kier alpha value is -4.66. The van der Waals surface area contributed by atoms with E-state index in [0.29, 0.717) is 30.9 Å². The molecule has 3 aromatic carbocycles. The monoisotopic (exact) mass is 515 g/mol. The van der Waals surface area contributed by atoms with E-state index in [1.165, 1.54) is 12.1 Å². The van der Waals surface area contributed by atoms with Gasteiger partial charge in [0, 0.05) is 37.3 Å². The molecule has 3 aromatic rings. The van der Waals surface area contributed by atoms with Crippen LogP contribution < -0.4 is 15.4 Å². The number of rotatable bonds is 9. The molecule has 0 aromatic heterocycles. The number of nitrogens with zero attached hydrogens (tertiary/aromatic N) is 1. The first-order valence-corrected chi connectivity index (χ1v) is 12.4. The highest BCUT2D eigenvalue weighted by molar-refractivity contribution is 6.04. The molecule has 9 nitrogen and oxygen atoms in total. The first kappa shape index (κ1) is 26.4. The molecule has 1 atom stereocenters. The van der Waals surface area contributed by atoms with E-state index in [4.69, 9.17) is 9.47 Å². The summed E-state index contributed by atoms with van der Waals surface area (Å²) >= 11 is 0. The molecular weight excluding hydrogens is 486 g/mol. The Bertz CT molecular complexity index is 1280. The molecule has 0 bridgehead atoms. The molecule has 0 aliphatic carbocycles. The molecule has 1 aliphatic rings. The van der Waals surface area contributed by atoms with Crippen LogP contribution in [0.2, 0.25) is 0 Å². The van der Waals surface area contributed by atoms with Crippen molar-refractivity contribution in [3.8, 4) is 5.75 Å². The summed E-state index contributed by atoms with van der Waals surface area (Å²) in [6.07, 6.45) is -0.595. The van der Waals surface area contributed by atoms with Crippen LogP contribution in [-0.4, -0.2) is 41.9 Å². The summed E-state index contributed by atoms with van der Waals surface area (Å²) in [7, 11) is 0. The van der Waals surface area contributed by atoms with Gasteiger partial charge in [-0.3, -0.25) is 14.4 Å². The van der Waals surface area contributed by atoms with E-state index in [9.17, 15) is 19.2 Å². The average molecular weight is 516 g/mol. The molecule has 38 heavy (non-hydrogen) atoms. The van der Waals surface area contributed by atoms with Crippen molar-refractivity contribution >= 4 is 29.6 Å². The number of amides is 3. The molecule has 0 saturated carbocycles. The maximum absolute atomic E-state index is 12.7. The topological polar surface area (TPSA) is 114 Å². The van der Waals surface area contributed by atoms with Crippen molar-refractivity contribution < 1.29 is 28.7 Å². The van der Waals surface area contributed by atoms with E-state index in [1.807, 2.05) is 42.5 Å². The van der Waals surface area contributed by atoms with E-state index < -0.39 is 6.16 Å². The van der Waals surface area contributed by atoms with Gasteiger partial charge in [0.1, 0.15) is 5.75 Å². The zero-order valence-corrected chi connectivity index (χ0v) is 21.0. The summed E-state index contributed by atoms with van der Waals surface area (Å²) in [5.74, 6) is -0.590. The van der Waals surface area contributed by atoms with Gasteiger partial charge in [0.25, 0.3) is 5.91 Å². The van der Waals surface area contributed by atoms with E-state index in [1.54, 1.807) is 36.1 Å². The van der Waals surface area contributed by atoms with Crippen molar-refractivity contribution in [2.24, 2.45) is 5.92 Å². The lowest BCUT2D eigenvalue weighted by molar-refractivity contribution is -0.129. The Morgan fingerprint density at radius 2 is 1.63 bits per heavy atom. The highest BCUT2D eigenvalue weighted by Crippen LogP contribution is 2.21. The fourth-order valence-electron chi connectivity index (χ4n) is 4.07.